The van der Waals surface area contributed by atoms with E-state index < -0.39 is 0 Å². The summed E-state index contributed by atoms with van der Waals surface area (Å²) < 4.78 is 7.83. The number of hydrogen-bond donors (Lipinski definition) is 1. The van der Waals surface area contributed by atoms with Crippen LogP contribution in [0.4, 0.5) is 5.69 Å². The summed E-state index contributed by atoms with van der Waals surface area (Å²) in [4.78, 5) is 4.18. The highest BCUT2D eigenvalue weighted by molar-refractivity contribution is 5.53. The maximum Gasteiger partial charge on any atom is 0.120 e. The second kappa shape index (κ2) is 6.46. The Morgan fingerprint density at radius 3 is 2.80 bits per heavy atom. The molecule has 0 atom stereocenters. The van der Waals surface area contributed by atoms with Gasteiger partial charge in [-0.25, -0.2) is 4.98 Å². The highest BCUT2D eigenvalue weighted by Gasteiger charge is 2.04. The molecule has 4 heteroatoms. The lowest BCUT2D eigenvalue weighted by molar-refractivity contribution is 0.242. The first-order chi connectivity index (χ1) is 9.60. The van der Waals surface area contributed by atoms with Gasteiger partial charge in [0.25, 0.3) is 0 Å². The Kier molecular flexibility index (Phi) is 4.66. The largest absolute Gasteiger partial charge is 0.491 e. The SMILES string of the molecule is CCn1cncc1CNc1ccc(OC(C)C)cc1C. The predicted octanol–water partition coefficient (Wildman–Crippen LogP) is 3.61. The van der Waals surface area contributed by atoms with E-state index in [1.54, 1.807) is 0 Å². The van der Waals surface area contributed by atoms with Crippen molar-refractivity contribution < 1.29 is 4.74 Å². The van der Waals surface area contributed by atoms with Crippen LogP contribution in [0.25, 0.3) is 0 Å². The fraction of sp³-hybridized carbons (Fsp3) is 0.438. The maximum absolute atomic E-state index is 5.70. The third kappa shape index (κ3) is 3.53. The molecule has 20 heavy (non-hydrogen) atoms. The van der Waals surface area contributed by atoms with Crippen LogP contribution in [0, 0.1) is 6.92 Å². The quantitative estimate of drug-likeness (QED) is 0.874. The molecule has 1 aromatic heterocycles. The molecule has 0 spiro atoms. The first-order valence-electron chi connectivity index (χ1n) is 7.10. The summed E-state index contributed by atoms with van der Waals surface area (Å²) in [6.45, 7) is 10.00. The van der Waals surface area contributed by atoms with Gasteiger partial charge in [-0.3, -0.25) is 0 Å². The van der Waals surface area contributed by atoms with Crippen molar-refractivity contribution in [1.29, 1.82) is 0 Å². The molecule has 0 amide bonds. The van der Waals surface area contributed by atoms with Crippen LogP contribution >= 0.6 is 0 Å². The zero-order valence-corrected chi connectivity index (χ0v) is 12.7. The molecule has 0 bridgehead atoms. The van der Waals surface area contributed by atoms with Crippen LogP contribution in [0.2, 0.25) is 0 Å². The average molecular weight is 273 g/mol. The summed E-state index contributed by atoms with van der Waals surface area (Å²) >= 11 is 0. The number of benzene rings is 1. The number of aryl methyl sites for hydroxylation is 2. The number of hydrogen-bond acceptors (Lipinski definition) is 3. The average Bonchev–Trinajstić information content (AvgIpc) is 2.84. The lowest BCUT2D eigenvalue weighted by Gasteiger charge is -2.14. The summed E-state index contributed by atoms with van der Waals surface area (Å²) in [7, 11) is 0. The van der Waals surface area contributed by atoms with Gasteiger partial charge in [-0.15, -0.1) is 0 Å². The highest BCUT2D eigenvalue weighted by Crippen LogP contribution is 2.22. The second-order valence-electron chi connectivity index (χ2n) is 5.17. The zero-order chi connectivity index (χ0) is 14.5. The van der Waals surface area contributed by atoms with Crippen molar-refractivity contribution in [3.63, 3.8) is 0 Å². The van der Waals surface area contributed by atoms with Crippen molar-refractivity contribution in [2.75, 3.05) is 5.32 Å². The Morgan fingerprint density at radius 2 is 2.15 bits per heavy atom. The Bertz CT molecular complexity index is 561. The molecule has 2 rings (SSSR count). The Morgan fingerprint density at radius 1 is 1.35 bits per heavy atom. The van der Waals surface area contributed by atoms with Gasteiger partial charge in [0.2, 0.25) is 0 Å². The van der Waals surface area contributed by atoms with E-state index in [0.29, 0.717) is 0 Å². The van der Waals surface area contributed by atoms with Gasteiger partial charge in [0.15, 0.2) is 0 Å². The number of rotatable bonds is 6. The minimum absolute atomic E-state index is 0.201. The summed E-state index contributed by atoms with van der Waals surface area (Å²) in [5.41, 5.74) is 3.50. The van der Waals surface area contributed by atoms with Crippen LogP contribution in [0.15, 0.2) is 30.7 Å². The number of ether oxygens (including phenoxy) is 1. The molecule has 108 valence electrons. The standard InChI is InChI=1S/C16H23N3O/c1-5-19-11-17-9-14(19)10-18-16-7-6-15(8-13(16)4)20-12(2)3/h6-9,11-12,18H,5,10H2,1-4H3. The number of anilines is 1. The molecule has 2 aromatic rings. The fourth-order valence-corrected chi connectivity index (χ4v) is 2.15. The summed E-state index contributed by atoms with van der Waals surface area (Å²) in [6, 6.07) is 6.14. The fourth-order valence-electron chi connectivity index (χ4n) is 2.15. The van der Waals surface area contributed by atoms with Crippen molar-refractivity contribution in [2.24, 2.45) is 0 Å². The molecule has 4 nitrogen and oxygen atoms in total. The minimum Gasteiger partial charge on any atom is -0.491 e. The van der Waals surface area contributed by atoms with Gasteiger partial charge in [-0.1, -0.05) is 0 Å². The first-order valence-corrected chi connectivity index (χ1v) is 7.10. The third-order valence-electron chi connectivity index (χ3n) is 3.17. The van der Waals surface area contributed by atoms with Crippen molar-refractivity contribution in [2.45, 2.75) is 46.9 Å². The Balaban J connectivity index is 2.03. The lowest BCUT2D eigenvalue weighted by atomic mass is 10.2. The van der Waals surface area contributed by atoms with E-state index >= 15 is 0 Å². The van der Waals surface area contributed by atoms with Gasteiger partial charge < -0.3 is 14.6 Å². The van der Waals surface area contributed by atoms with Gasteiger partial charge in [-0.05, 0) is 51.5 Å². The van der Waals surface area contributed by atoms with Crippen LogP contribution in [0.3, 0.4) is 0 Å². The van der Waals surface area contributed by atoms with Crippen molar-refractivity contribution >= 4 is 5.69 Å². The number of nitrogens with one attached hydrogen (secondary N) is 1. The van der Waals surface area contributed by atoms with Gasteiger partial charge in [0.1, 0.15) is 5.75 Å². The van der Waals surface area contributed by atoms with E-state index in [2.05, 4.69) is 40.8 Å². The highest BCUT2D eigenvalue weighted by atomic mass is 16.5. The number of aromatic nitrogens is 2. The van der Waals surface area contributed by atoms with E-state index in [9.17, 15) is 0 Å². The van der Waals surface area contributed by atoms with Crippen LogP contribution in [0.1, 0.15) is 32.0 Å². The Labute approximate surface area is 120 Å². The monoisotopic (exact) mass is 273 g/mol. The molecule has 0 radical (unpaired) electrons. The van der Waals surface area contributed by atoms with Gasteiger partial charge in [-0.2, -0.15) is 0 Å². The molecule has 0 aliphatic rings. The predicted molar refractivity (Wildman–Crippen MR) is 82.2 cm³/mol. The molecule has 0 saturated carbocycles. The van der Waals surface area contributed by atoms with Crippen molar-refractivity contribution in [3.05, 3.63) is 42.0 Å². The van der Waals surface area contributed by atoms with Crippen LogP contribution < -0.4 is 10.1 Å². The molecule has 0 aliphatic carbocycles. The number of nitrogens with zero attached hydrogens (tertiary/aromatic N) is 2. The van der Waals surface area contributed by atoms with E-state index in [1.165, 1.54) is 11.3 Å². The van der Waals surface area contributed by atoms with Crippen molar-refractivity contribution in [1.82, 2.24) is 9.55 Å². The number of imidazole rings is 1. The second-order valence-corrected chi connectivity index (χ2v) is 5.17. The van der Waals surface area contributed by atoms with E-state index in [4.69, 9.17) is 4.74 Å². The van der Waals surface area contributed by atoms with Crippen molar-refractivity contribution in [3.8, 4) is 5.75 Å². The molecule has 0 aliphatic heterocycles. The lowest BCUT2D eigenvalue weighted by Crippen LogP contribution is -2.08. The van der Waals surface area contributed by atoms with Gasteiger partial charge >= 0.3 is 0 Å². The molecule has 1 N–H and O–H groups in total. The molecule has 1 aromatic carbocycles. The topological polar surface area (TPSA) is 39.1 Å². The van der Waals surface area contributed by atoms with Gasteiger partial charge in [0, 0.05) is 18.4 Å². The Hall–Kier alpha value is -1.97. The maximum atomic E-state index is 5.70. The molecule has 0 unspecified atom stereocenters. The molecular weight excluding hydrogens is 250 g/mol. The zero-order valence-electron chi connectivity index (χ0n) is 12.7. The smallest absolute Gasteiger partial charge is 0.120 e. The minimum atomic E-state index is 0.201. The van der Waals surface area contributed by atoms with E-state index in [1.807, 2.05) is 32.4 Å². The van der Waals surface area contributed by atoms with Crippen LogP contribution in [-0.2, 0) is 13.1 Å². The molecule has 0 fully saturated rings. The third-order valence-corrected chi connectivity index (χ3v) is 3.17. The summed E-state index contributed by atoms with van der Waals surface area (Å²) in [5.74, 6) is 0.918. The molecular formula is C16H23N3O. The summed E-state index contributed by atoms with van der Waals surface area (Å²) in [5, 5.41) is 3.45. The normalized spacial score (nSPS) is 10.8. The summed E-state index contributed by atoms with van der Waals surface area (Å²) in [6.07, 6.45) is 3.97. The first kappa shape index (κ1) is 14.4. The van der Waals surface area contributed by atoms with E-state index in [0.717, 1.165) is 24.5 Å². The van der Waals surface area contributed by atoms with Crippen LogP contribution in [-0.4, -0.2) is 15.7 Å². The van der Waals surface area contributed by atoms with E-state index in [-0.39, 0.29) is 6.10 Å². The van der Waals surface area contributed by atoms with Crippen LogP contribution in [0.5, 0.6) is 5.75 Å². The molecule has 0 saturated heterocycles. The van der Waals surface area contributed by atoms with Gasteiger partial charge in [0.05, 0.1) is 24.7 Å². The molecule has 1 heterocycles.